The third-order valence-corrected chi connectivity index (χ3v) is 2.16. The van der Waals surface area contributed by atoms with Crippen molar-refractivity contribution in [2.75, 3.05) is 0 Å². The minimum absolute atomic E-state index is 0.0539. The Labute approximate surface area is 89.0 Å². The third-order valence-electron chi connectivity index (χ3n) is 2.16. The van der Waals surface area contributed by atoms with E-state index in [4.69, 9.17) is 9.84 Å². The number of carboxylic acid groups (broad SMARTS) is 1. The summed E-state index contributed by atoms with van der Waals surface area (Å²) in [7, 11) is 0. The molecule has 1 rings (SSSR count). The van der Waals surface area contributed by atoms with Crippen LogP contribution in [0.2, 0.25) is 0 Å². The first kappa shape index (κ1) is 11.3. The maximum atomic E-state index is 10.6. The molecule has 0 spiro atoms. The molecule has 0 saturated heterocycles. The number of rotatable bonds is 4. The van der Waals surface area contributed by atoms with Gasteiger partial charge in [-0.3, -0.25) is 0 Å². The van der Waals surface area contributed by atoms with E-state index in [1.807, 2.05) is 25.1 Å². The molecule has 0 aliphatic rings. The fourth-order valence-electron chi connectivity index (χ4n) is 1.12. The summed E-state index contributed by atoms with van der Waals surface area (Å²) in [6, 6.07) is 7.46. The van der Waals surface area contributed by atoms with Crippen molar-refractivity contribution in [2.24, 2.45) is 0 Å². The molecule has 3 nitrogen and oxygen atoms in total. The number of ether oxygens (including phenoxy) is 1. The van der Waals surface area contributed by atoms with Crippen LogP contribution in [0, 0.1) is 6.92 Å². The lowest BCUT2D eigenvalue weighted by atomic mass is 10.2. The van der Waals surface area contributed by atoms with Crippen molar-refractivity contribution in [3.63, 3.8) is 0 Å². The van der Waals surface area contributed by atoms with E-state index in [0.29, 0.717) is 5.75 Å². The van der Waals surface area contributed by atoms with Crippen molar-refractivity contribution >= 4 is 5.97 Å². The van der Waals surface area contributed by atoms with Crippen molar-refractivity contribution in [1.29, 1.82) is 0 Å². The Hall–Kier alpha value is -1.77. The molecule has 1 aromatic rings. The second kappa shape index (κ2) is 4.64. The number of aliphatic carboxylic acids is 1. The summed E-state index contributed by atoms with van der Waals surface area (Å²) >= 11 is 0. The van der Waals surface area contributed by atoms with Crippen molar-refractivity contribution in [3.8, 4) is 5.75 Å². The van der Waals surface area contributed by atoms with Gasteiger partial charge in [-0.2, -0.15) is 0 Å². The number of hydrogen-bond donors (Lipinski definition) is 1. The molecule has 0 heterocycles. The summed E-state index contributed by atoms with van der Waals surface area (Å²) in [6.45, 7) is 7.03. The molecule has 0 amide bonds. The van der Waals surface area contributed by atoms with E-state index in [0.717, 1.165) is 5.56 Å². The zero-order chi connectivity index (χ0) is 11.4. The van der Waals surface area contributed by atoms with Gasteiger partial charge in [0.1, 0.15) is 11.9 Å². The molecular weight excluding hydrogens is 192 g/mol. The number of carboxylic acids is 1. The van der Waals surface area contributed by atoms with E-state index in [9.17, 15) is 4.79 Å². The van der Waals surface area contributed by atoms with Crippen LogP contribution in [0.3, 0.4) is 0 Å². The first-order valence-corrected chi connectivity index (χ1v) is 4.66. The van der Waals surface area contributed by atoms with Gasteiger partial charge in [0.2, 0.25) is 0 Å². The molecule has 3 heteroatoms. The molecule has 80 valence electrons. The molecule has 0 fully saturated rings. The molecule has 0 aromatic heterocycles. The summed E-state index contributed by atoms with van der Waals surface area (Å²) in [4.78, 5) is 10.6. The number of para-hydroxylation sites is 1. The van der Waals surface area contributed by atoms with Gasteiger partial charge in [-0.25, -0.2) is 4.79 Å². The van der Waals surface area contributed by atoms with Crippen LogP contribution in [0.1, 0.15) is 12.5 Å². The van der Waals surface area contributed by atoms with Gasteiger partial charge in [0, 0.05) is 0 Å². The highest BCUT2D eigenvalue weighted by atomic mass is 16.5. The lowest BCUT2D eigenvalue weighted by Gasteiger charge is -2.15. The molecule has 0 saturated carbocycles. The van der Waals surface area contributed by atoms with E-state index in [1.165, 1.54) is 0 Å². The number of aryl methyl sites for hydroxylation is 1. The minimum Gasteiger partial charge on any atom is -0.486 e. The topological polar surface area (TPSA) is 46.5 Å². The molecule has 0 radical (unpaired) electrons. The number of carbonyl (C=O) groups is 1. The second-order valence-corrected chi connectivity index (χ2v) is 3.36. The zero-order valence-corrected chi connectivity index (χ0v) is 8.86. The summed E-state index contributed by atoms with van der Waals surface area (Å²) in [5, 5.41) is 8.72. The van der Waals surface area contributed by atoms with E-state index in [2.05, 4.69) is 6.58 Å². The first-order chi connectivity index (χ1) is 7.02. The molecule has 1 N–H and O–H groups in total. The van der Waals surface area contributed by atoms with E-state index >= 15 is 0 Å². The molecular formula is C12H14O3. The predicted octanol–water partition coefficient (Wildman–Crippen LogP) is 2.40. The van der Waals surface area contributed by atoms with Crippen LogP contribution in [0.15, 0.2) is 36.4 Å². The van der Waals surface area contributed by atoms with Crippen LogP contribution in [0.4, 0.5) is 0 Å². The third kappa shape index (κ3) is 2.84. The average molecular weight is 206 g/mol. The Bertz CT molecular complexity index is 382. The monoisotopic (exact) mass is 206 g/mol. The summed E-state index contributed by atoms with van der Waals surface area (Å²) in [5.74, 6) is -0.344. The summed E-state index contributed by atoms with van der Waals surface area (Å²) in [5.41, 5.74) is 1.03. The van der Waals surface area contributed by atoms with Crippen LogP contribution in [-0.4, -0.2) is 17.2 Å². The highest BCUT2D eigenvalue weighted by Gasteiger charge is 2.15. The second-order valence-electron chi connectivity index (χ2n) is 3.36. The summed E-state index contributed by atoms with van der Waals surface area (Å²) in [6.07, 6.45) is -0.524. The maximum absolute atomic E-state index is 10.6. The average Bonchev–Trinajstić information content (AvgIpc) is 2.20. The lowest BCUT2D eigenvalue weighted by Crippen LogP contribution is -2.20. The Morgan fingerprint density at radius 3 is 2.60 bits per heavy atom. The van der Waals surface area contributed by atoms with Crippen LogP contribution in [0.5, 0.6) is 5.75 Å². The highest BCUT2D eigenvalue weighted by molar-refractivity contribution is 5.86. The van der Waals surface area contributed by atoms with Crippen LogP contribution < -0.4 is 4.74 Å². The first-order valence-electron chi connectivity index (χ1n) is 4.66. The summed E-state index contributed by atoms with van der Waals surface area (Å²) < 4.78 is 5.49. The molecule has 0 bridgehead atoms. The van der Waals surface area contributed by atoms with E-state index in [1.54, 1.807) is 13.0 Å². The van der Waals surface area contributed by atoms with Crippen LogP contribution in [0.25, 0.3) is 0 Å². The van der Waals surface area contributed by atoms with E-state index < -0.39 is 12.1 Å². The Morgan fingerprint density at radius 1 is 1.47 bits per heavy atom. The molecule has 15 heavy (non-hydrogen) atoms. The fraction of sp³-hybridized carbons (Fsp3) is 0.250. The van der Waals surface area contributed by atoms with Gasteiger partial charge in [0.05, 0.1) is 5.57 Å². The molecule has 0 aliphatic heterocycles. The quantitative estimate of drug-likeness (QED) is 0.769. The van der Waals surface area contributed by atoms with Gasteiger partial charge >= 0.3 is 5.97 Å². The van der Waals surface area contributed by atoms with Gasteiger partial charge in [-0.1, -0.05) is 24.8 Å². The van der Waals surface area contributed by atoms with Crippen LogP contribution >= 0.6 is 0 Å². The van der Waals surface area contributed by atoms with Crippen molar-refractivity contribution in [3.05, 3.63) is 42.0 Å². The maximum Gasteiger partial charge on any atom is 0.334 e. The van der Waals surface area contributed by atoms with Gasteiger partial charge in [0.25, 0.3) is 0 Å². The fourth-order valence-corrected chi connectivity index (χ4v) is 1.12. The zero-order valence-electron chi connectivity index (χ0n) is 8.86. The highest BCUT2D eigenvalue weighted by Crippen LogP contribution is 2.19. The lowest BCUT2D eigenvalue weighted by molar-refractivity contribution is -0.133. The molecule has 0 aliphatic carbocycles. The largest absolute Gasteiger partial charge is 0.486 e. The Kier molecular flexibility index (Phi) is 3.50. The normalized spacial score (nSPS) is 11.9. The number of hydrogen-bond acceptors (Lipinski definition) is 2. The molecule has 1 unspecified atom stereocenters. The van der Waals surface area contributed by atoms with Gasteiger partial charge < -0.3 is 9.84 Å². The number of benzene rings is 1. The van der Waals surface area contributed by atoms with Crippen molar-refractivity contribution < 1.29 is 14.6 Å². The van der Waals surface area contributed by atoms with Gasteiger partial charge in [0.15, 0.2) is 0 Å². The predicted molar refractivity (Wildman–Crippen MR) is 58.0 cm³/mol. The van der Waals surface area contributed by atoms with E-state index in [-0.39, 0.29) is 5.57 Å². The van der Waals surface area contributed by atoms with Gasteiger partial charge in [-0.05, 0) is 25.5 Å². The van der Waals surface area contributed by atoms with Crippen molar-refractivity contribution in [1.82, 2.24) is 0 Å². The minimum atomic E-state index is -1.03. The molecule has 1 atom stereocenters. The Morgan fingerprint density at radius 2 is 2.07 bits per heavy atom. The Balaban J connectivity index is 2.75. The smallest absolute Gasteiger partial charge is 0.334 e. The van der Waals surface area contributed by atoms with Crippen molar-refractivity contribution in [2.45, 2.75) is 20.0 Å². The van der Waals surface area contributed by atoms with Crippen LogP contribution in [-0.2, 0) is 4.79 Å². The van der Waals surface area contributed by atoms with Gasteiger partial charge in [-0.15, -0.1) is 0 Å². The SMILES string of the molecule is C=C(C(=O)O)C(C)Oc1ccccc1C. The molecule has 1 aromatic carbocycles. The standard InChI is InChI=1S/C12H14O3/c1-8-6-4-5-7-11(8)15-10(3)9(2)12(13)14/h4-7,10H,2H2,1,3H3,(H,13,14).